The second-order valence-electron chi connectivity index (χ2n) is 5.13. The van der Waals surface area contributed by atoms with Crippen LogP contribution in [0.3, 0.4) is 0 Å². The Labute approximate surface area is 86.3 Å². The first kappa shape index (κ1) is 9.75. The average Bonchev–Trinajstić information content (AvgIpc) is 2.27. The van der Waals surface area contributed by atoms with E-state index in [9.17, 15) is 0 Å². The molecule has 0 fully saturated rings. The van der Waals surface area contributed by atoms with Gasteiger partial charge in [0.25, 0.3) is 0 Å². The van der Waals surface area contributed by atoms with Crippen LogP contribution in [-0.4, -0.2) is 9.78 Å². The highest BCUT2D eigenvalue weighted by atomic mass is 15.3. The van der Waals surface area contributed by atoms with E-state index in [-0.39, 0.29) is 0 Å². The van der Waals surface area contributed by atoms with Crippen molar-refractivity contribution in [1.29, 1.82) is 0 Å². The average molecular weight is 192 g/mol. The Morgan fingerprint density at radius 2 is 2.00 bits per heavy atom. The molecular weight excluding hydrogens is 172 g/mol. The molecule has 1 aromatic heterocycles. The Morgan fingerprint density at radius 1 is 1.29 bits per heavy atom. The smallest absolute Gasteiger partial charge is 0.0628 e. The van der Waals surface area contributed by atoms with Crippen LogP contribution >= 0.6 is 0 Å². The van der Waals surface area contributed by atoms with Crippen molar-refractivity contribution in [2.45, 2.75) is 51.9 Å². The maximum Gasteiger partial charge on any atom is 0.0628 e. The van der Waals surface area contributed by atoms with E-state index in [4.69, 9.17) is 0 Å². The summed E-state index contributed by atoms with van der Waals surface area (Å²) in [4.78, 5) is 0. The van der Waals surface area contributed by atoms with E-state index in [1.165, 1.54) is 42.6 Å². The lowest BCUT2D eigenvalue weighted by molar-refractivity contribution is 0.433. The summed E-state index contributed by atoms with van der Waals surface area (Å²) >= 11 is 0. The highest BCUT2D eigenvalue weighted by Crippen LogP contribution is 2.36. The molecule has 78 valence electrons. The van der Waals surface area contributed by atoms with Crippen LogP contribution in [0.1, 0.15) is 50.1 Å². The summed E-state index contributed by atoms with van der Waals surface area (Å²) in [5.74, 6) is 0. The number of rotatable bonds is 0. The summed E-state index contributed by atoms with van der Waals surface area (Å²) in [6.07, 6.45) is 5.18. The molecule has 2 rings (SSSR count). The Morgan fingerprint density at radius 3 is 2.71 bits per heavy atom. The quantitative estimate of drug-likeness (QED) is 0.578. The molecule has 0 N–H and O–H groups in total. The van der Waals surface area contributed by atoms with Gasteiger partial charge in [0, 0.05) is 18.2 Å². The van der Waals surface area contributed by atoms with Crippen LogP contribution in [-0.2, 0) is 18.9 Å². The molecule has 1 aliphatic carbocycles. The third kappa shape index (κ3) is 1.37. The third-order valence-electron chi connectivity index (χ3n) is 3.47. The van der Waals surface area contributed by atoms with Gasteiger partial charge < -0.3 is 0 Å². The van der Waals surface area contributed by atoms with Crippen LogP contribution in [0.25, 0.3) is 0 Å². The minimum atomic E-state index is 0.307. The molecule has 0 amide bonds. The first-order chi connectivity index (χ1) is 6.52. The van der Waals surface area contributed by atoms with Crippen LogP contribution in [0.2, 0.25) is 0 Å². The topological polar surface area (TPSA) is 17.8 Å². The summed E-state index contributed by atoms with van der Waals surface area (Å²) in [5, 5.41) is 4.55. The van der Waals surface area contributed by atoms with E-state index in [0.717, 1.165) is 0 Å². The third-order valence-corrected chi connectivity index (χ3v) is 3.47. The molecule has 0 aromatic carbocycles. The van der Waals surface area contributed by atoms with Crippen molar-refractivity contribution >= 4 is 0 Å². The van der Waals surface area contributed by atoms with Crippen LogP contribution < -0.4 is 0 Å². The monoisotopic (exact) mass is 192 g/mol. The molecule has 0 aliphatic heterocycles. The summed E-state index contributed by atoms with van der Waals surface area (Å²) in [6.45, 7) is 6.83. The van der Waals surface area contributed by atoms with Gasteiger partial charge in [-0.2, -0.15) is 5.10 Å². The molecule has 1 aromatic rings. The highest BCUT2D eigenvalue weighted by Gasteiger charge is 2.30. The van der Waals surface area contributed by atoms with E-state index in [1.54, 1.807) is 0 Å². The highest BCUT2D eigenvalue weighted by molar-refractivity contribution is 5.32. The van der Waals surface area contributed by atoms with E-state index in [2.05, 4.69) is 37.6 Å². The molecule has 0 spiro atoms. The van der Waals surface area contributed by atoms with Crippen molar-refractivity contribution in [2.24, 2.45) is 7.05 Å². The van der Waals surface area contributed by atoms with Crippen molar-refractivity contribution in [3.05, 3.63) is 17.0 Å². The lowest BCUT2D eigenvalue weighted by Crippen LogP contribution is -2.21. The molecule has 1 aliphatic rings. The first-order valence-electron chi connectivity index (χ1n) is 5.55. The lowest BCUT2D eigenvalue weighted by Gasteiger charge is -2.24. The lowest BCUT2D eigenvalue weighted by atomic mass is 9.84. The molecule has 0 unspecified atom stereocenters. The molecule has 2 heteroatoms. The molecule has 0 saturated carbocycles. The number of fused-ring (bicyclic) bond motifs is 1. The molecule has 0 atom stereocenters. The second kappa shape index (κ2) is 3.11. The van der Waals surface area contributed by atoms with Crippen molar-refractivity contribution in [1.82, 2.24) is 9.78 Å². The predicted molar refractivity (Wildman–Crippen MR) is 58.5 cm³/mol. The van der Waals surface area contributed by atoms with E-state index in [0.29, 0.717) is 5.41 Å². The number of hydrogen-bond acceptors (Lipinski definition) is 1. The Bertz CT molecular complexity index is 347. The number of aromatic nitrogens is 2. The largest absolute Gasteiger partial charge is 0.272 e. The standard InChI is InChI=1S/C12H20N2/c1-9-10-7-5-6-8-12(2,3)11(10)14(4)13-9/h5-8H2,1-4H3. The van der Waals surface area contributed by atoms with Gasteiger partial charge in [-0.1, -0.05) is 20.3 Å². The van der Waals surface area contributed by atoms with Crippen molar-refractivity contribution in [3.63, 3.8) is 0 Å². The fourth-order valence-corrected chi connectivity index (χ4v) is 2.83. The molecule has 1 heterocycles. The summed E-state index contributed by atoms with van der Waals surface area (Å²) < 4.78 is 2.09. The second-order valence-corrected chi connectivity index (χ2v) is 5.13. The van der Waals surface area contributed by atoms with Gasteiger partial charge in [0.05, 0.1) is 5.69 Å². The van der Waals surface area contributed by atoms with Crippen molar-refractivity contribution < 1.29 is 0 Å². The fourth-order valence-electron chi connectivity index (χ4n) is 2.83. The Hall–Kier alpha value is -0.790. The predicted octanol–water partition coefficient (Wildman–Crippen LogP) is 2.73. The minimum absolute atomic E-state index is 0.307. The van der Waals surface area contributed by atoms with Crippen LogP contribution in [0, 0.1) is 6.92 Å². The van der Waals surface area contributed by atoms with Gasteiger partial charge in [-0.15, -0.1) is 0 Å². The van der Waals surface area contributed by atoms with Crippen molar-refractivity contribution in [2.75, 3.05) is 0 Å². The Kier molecular flexibility index (Phi) is 2.17. The molecule has 14 heavy (non-hydrogen) atoms. The SMILES string of the molecule is Cc1nn(C)c2c1CCCCC2(C)C. The van der Waals surface area contributed by atoms with Crippen molar-refractivity contribution in [3.8, 4) is 0 Å². The zero-order valence-corrected chi connectivity index (χ0v) is 9.72. The van der Waals surface area contributed by atoms with Gasteiger partial charge in [-0.05, 0) is 31.7 Å². The molecular formula is C12H20N2. The number of hydrogen-bond donors (Lipinski definition) is 0. The van der Waals surface area contributed by atoms with Gasteiger partial charge in [0.1, 0.15) is 0 Å². The fraction of sp³-hybridized carbons (Fsp3) is 0.750. The van der Waals surface area contributed by atoms with E-state index >= 15 is 0 Å². The molecule has 0 radical (unpaired) electrons. The normalized spacial score (nSPS) is 20.3. The maximum absolute atomic E-state index is 4.55. The van der Waals surface area contributed by atoms with E-state index in [1.807, 2.05) is 0 Å². The zero-order chi connectivity index (χ0) is 10.3. The maximum atomic E-state index is 4.55. The Balaban J connectivity index is 2.59. The van der Waals surface area contributed by atoms with E-state index < -0.39 is 0 Å². The van der Waals surface area contributed by atoms with Gasteiger partial charge in [0.15, 0.2) is 0 Å². The zero-order valence-electron chi connectivity index (χ0n) is 9.72. The first-order valence-corrected chi connectivity index (χ1v) is 5.55. The summed E-state index contributed by atoms with van der Waals surface area (Å²) in [6, 6.07) is 0. The van der Waals surface area contributed by atoms with Gasteiger partial charge in [-0.25, -0.2) is 0 Å². The molecule has 0 saturated heterocycles. The van der Waals surface area contributed by atoms with Crippen LogP contribution in [0.4, 0.5) is 0 Å². The van der Waals surface area contributed by atoms with Crippen LogP contribution in [0.15, 0.2) is 0 Å². The summed E-state index contributed by atoms with van der Waals surface area (Å²) in [5.41, 5.74) is 4.52. The minimum Gasteiger partial charge on any atom is -0.272 e. The molecule has 2 nitrogen and oxygen atoms in total. The van der Waals surface area contributed by atoms with Gasteiger partial charge in [-0.3, -0.25) is 4.68 Å². The summed E-state index contributed by atoms with van der Waals surface area (Å²) in [7, 11) is 2.08. The number of aryl methyl sites for hydroxylation is 2. The van der Waals surface area contributed by atoms with Crippen LogP contribution in [0.5, 0.6) is 0 Å². The number of nitrogens with zero attached hydrogens (tertiary/aromatic N) is 2. The van der Waals surface area contributed by atoms with Gasteiger partial charge in [0.2, 0.25) is 0 Å². The molecule has 0 bridgehead atoms. The van der Waals surface area contributed by atoms with Gasteiger partial charge >= 0.3 is 0 Å².